The van der Waals surface area contributed by atoms with E-state index in [1.54, 1.807) is 7.11 Å². The second-order valence-electron chi connectivity index (χ2n) is 5.14. The first kappa shape index (κ1) is 18.1. The molecular formula is C16H24N2O4. The number of nitrogens with two attached hydrogens (primary N) is 1. The molecule has 0 aliphatic rings. The van der Waals surface area contributed by atoms with Crippen molar-refractivity contribution in [2.24, 2.45) is 5.73 Å². The van der Waals surface area contributed by atoms with E-state index in [1.807, 2.05) is 32.0 Å². The van der Waals surface area contributed by atoms with E-state index in [9.17, 15) is 9.59 Å². The first-order valence-corrected chi connectivity index (χ1v) is 7.16. The Hall–Kier alpha value is -1.92. The van der Waals surface area contributed by atoms with Crippen LogP contribution >= 0.6 is 0 Å². The van der Waals surface area contributed by atoms with Gasteiger partial charge < -0.3 is 20.5 Å². The van der Waals surface area contributed by atoms with Gasteiger partial charge in [-0.3, -0.25) is 9.59 Å². The van der Waals surface area contributed by atoms with Gasteiger partial charge in [-0.05, 0) is 30.5 Å². The summed E-state index contributed by atoms with van der Waals surface area (Å²) in [6.07, 6.45) is 0.373. The number of carbonyl (C=O) groups excluding carboxylic acids is 2. The SMILES string of the molecule is COCCOCC(=O)N[C@@H](Cc1c(C)cccc1C)C(N)=O. The largest absolute Gasteiger partial charge is 0.382 e. The zero-order valence-corrected chi connectivity index (χ0v) is 13.3. The summed E-state index contributed by atoms with van der Waals surface area (Å²) in [6, 6.07) is 5.14. The lowest BCUT2D eigenvalue weighted by Crippen LogP contribution is -2.47. The number of hydrogen-bond donors (Lipinski definition) is 2. The van der Waals surface area contributed by atoms with Crippen molar-refractivity contribution in [3.63, 3.8) is 0 Å². The minimum absolute atomic E-state index is 0.125. The quantitative estimate of drug-likeness (QED) is 0.649. The number of primary amides is 1. The number of amides is 2. The molecule has 0 aliphatic heterocycles. The van der Waals surface area contributed by atoms with Gasteiger partial charge in [0.25, 0.3) is 0 Å². The van der Waals surface area contributed by atoms with Gasteiger partial charge in [-0.1, -0.05) is 18.2 Å². The van der Waals surface area contributed by atoms with Crippen molar-refractivity contribution in [1.29, 1.82) is 0 Å². The minimum atomic E-state index is -0.752. The van der Waals surface area contributed by atoms with Crippen LogP contribution in [0.5, 0.6) is 0 Å². The zero-order chi connectivity index (χ0) is 16.5. The van der Waals surface area contributed by atoms with Crippen molar-refractivity contribution in [3.8, 4) is 0 Å². The Bertz CT molecular complexity index is 497. The smallest absolute Gasteiger partial charge is 0.246 e. The average molecular weight is 308 g/mol. The maximum atomic E-state index is 11.8. The number of methoxy groups -OCH3 is 1. The Balaban J connectivity index is 2.63. The van der Waals surface area contributed by atoms with Crippen LogP contribution in [0, 0.1) is 13.8 Å². The van der Waals surface area contributed by atoms with Gasteiger partial charge in [-0.15, -0.1) is 0 Å². The zero-order valence-electron chi connectivity index (χ0n) is 13.3. The topological polar surface area (TPSA) is 90.7 Å². The molecule has 0 aromatic heterocycles. The van der Waals surface area contributed by atoms with E-state index in [0.29, 0.717) is 19.6 Å². The summed E-state index contributed by atoms with van der Waals surface area (Å²) >= 11 is 0. The van der Waals surface area contributed by atoms with Crippen LogP contribution in [0.15, 0.2) is 18.2 Å². The molecule has 0 aliphatic carbocycles. The first-order valence-electron chi connectivity index (χ1n) is 7.16. The highest BCUT2D eigenvalue weighted by molar-refractivity contribution is 5.87. The van der Waals surface area contributed by atoms with E-state index in [-0.39, 0.29) is 12.5 Å². The molecule has 2 amide bonds. The monoisotopic (exact) mass is 308 g/mol. The molecule has 0 bridgehead atoms. The number of hydrogen-bond acceptors (Lipinski definition) is 4. The highest BCUT2D eigenvalue weighted by atomic mass is 16.5. The van der Waals surface area contributed by atoms with Crippen LogP contribution in [-0.2, 0) is 25.5 Å². The fraction of sp³-hybridized carbons (Fsp3) is 0.500. The van der Waals surface area contributed by atoms with Gasteiger partial charge in [0.15, 0.2) is 0 Å². The van der Waals surface area contributed by atoms with E-state index >= 15 is 0 Å². The van der Waals surface area contributed by atoms with E-state index in [1.165, 1.54) is 0 Å². The van der Waals surface area contributed by atoms with Crippen LogP contribution in [-0.4, -0.2) is 44.8 Å². The van der Waals surface area contributed by atoms with Crippen molar-refractivity contribution in [2.45, 2.75) is 26.3 Å². The Morgan fingerprint density at radius 1 is 1.23 bits per heavy atom. The Labute approximate surface area is 131 Å². The average Bonchev–Trinajstić information content (AvgIpc) is 2.46. The lowest BCUT2D eigenvalue weighted by molar-refractivity contribution is -0.130. The van der Waals surface area contributed by atoms with Crippen molar-refractivity contribution >= 4 is 11.8 Å². The fourth-order valence-corrected chi connectivity index (χ4v) is 2.14. The lowest BCUT2D eigenvalue weighted by atomic mass is 9.96. The first-order chi connectivity index (χ1) is 10.5. The van der Waals surface area contributed by atoms with E-state index in [0.717, 1.165) is 16.7 Å². The predicted molar refractivity (Wildman–Crippen MR) is 83.4 cm³/mol. The number of rotatable bonds is 9. The third kappa shape index (κ3) is 5.83. The Morgan fingerprint density at radius 2 is 1.86 bits per heavy atom. The Morgan fingerprint density at radius 3 is 2.41 bits per heavy atom. The molecule has 0 radical (unpaired) electrons. The highest BCUT2D eigenvalue weighted by Crippen LogP contribution is 2.15. The molecule has 0 spiro atoms. The molecule has 3 N–H and O–H groups in total. The van der Waals surface area contributed by atoms with Gasteiger partial charge in [-0.25, -0.2) is 0 Å². The second-order valence-corrected chi connectivity index (χ2v) is 5.14. The van der Waals surface area contributed by atoms with Gasteiger partial charge in [0.05, 0.1) is 13.2 Å². The van der Waals surface area contributed by atoms with Crippen molar-refractivity contribution < 1.29 is 19.1 Å². The van der Waals surface area contributed by atoms with Gasteiger partial charge in [0, 0.05) is 13.5 Å². The molecule has 0 saturated heterocycles. The third-order valence-electron chi connectivity index (χ3n) is 3.40. The molecule has 22 heavy (non-hydrogen) atoms. The van der Waals surface area contributed by atoms with Crippen LogP contribution in [0.2, 0.25) is 0 Å². The van der Waals surface area contributed by atoms with Crippen LogP contribution in [0.4, 0.5) is 0 Å². The van der Waals surface area contributed by atoms with Crippen LogP contribution in [0.1, 0.15) is 16.7 Å². The van der Waals surface area contributed by atoms with Crippen LogP contribution in [0.3, 0.4) is 0 Å². The van der Waals surface area contributed by atoms with Gasteiger partial charge in [0.2, 0.25) is 11.8 Å². The summed E-state index contributed by atoms with van der Waals surface area (Å²) in [5, 5.41) is 2.62. The van der Waals surface area contributed by atoms with Gasteiger partial charge in [0.1, 0.15) is 12.6 Å². The molecule has 0 heterocycles. The standard InChI is InChI=1S/C16H24N2O4/c1-11-5-4-6-12(2)13(11)9-14(16(17)20)18-15(19)10-22-8-7-21-3/h4-6,14H,7-10H2,1-3H3,(H2,17,20)(H,18,19)/t14-/m0/s1. The van der Waals surface area contributed by atoms with E-state index < -0.39 is 11.9 Å². The summed E-state index contributed by atoms with van der Waals surface area (Å²) in [4.78, 5) is 23.4. The van der Waals surface area contributed by atoms with Crippen molar-refractivity contribution in [1.82, 2.24) is 5.32 Å². The molecule has 1 aromatic rings. The van der Waals surface area contributed by atoms with Gasteiger partial charge in [-0.2, -0.15) is 0 Å². The normalized spacial score (nSPS) is 12.0. The molecule has 0 saturated carbocycles. The summed E-state index contributed by atoms with van der Waals surface area (Å²) in [6.45, 7) is 4.54. The molecule has 1 aromatic carbocycles. The second kappa shape index (κ2) is 9.17. The molecule has 122 valence electrons. The van der Waals surface area contributed by atoms with Crippen molar-refractivity contribution in [2.75, 3.05) is 26.9 Å². The maximum absolute atomic E-state index is 11.8. The molecule has 0 unspecified atom stereocenters. The fourth-order valence-electron chi connectivity index (χ4n) is 2.14. The minimum Gasteiger partial charge on any atom is -0.382 e. The molecule has 1 rings (SSSR count). The maximum Gasteiger partial charge on any atom is 0.246 e. The summed E-state index contributed by atoms with van der Waals surface area (Å²) in [5.41, 5.74) is 8.55. The van der Waals surface area contributed by atoms with E-state index in [4.69, 9.17) is 15.2 Å². The number of benzene rings is 1. The summed E-state index contributed by atoms with van der Waals surface area (Å²) < 4.78 is 9.94. The molecule has 0 fully saturated rings. The van der Waals surface area contributed by atoms with Crippen LogP contribution in [0.25, 0.3) is 0 Å². The summed E-state index contributed by atoms with van der Waals surface area (Å²) in [7, 11) is 1.55. The molecule has 1 atom stereocenters. The summed E-state index contributed by atoms with van der Waals surface area (Å²) in [5.74, 6) is -0.931. The number of nitrogens with one attached hydrogen (secondary N) is 1. The molecule has 6 heteroatoms. The number of ether oxygens (including phenoxy) is 2. The number of aryl methyl sites for hydroxylation is 2. The molecular weight excluding hydrogens is 284 g/mol. The predicted octanol–water partition coefficient (Wildman–Crippen LogP) is 0.479. The van der Waals surface area contributed by atoms with Gasteiger partial charge >= 0.3 is 0 Å². The van der Waals surface area contributed by atoms with E-state index in [2.05, 4.69) is 5.32 Å². The van der Waals surface area contributed by atoms with Crippen molar-refractivity contribution in [3.05, 3.63) is 34.9 Å². The number of carbonyl (C=O) groups is 2. The van der Waals surface area contributed by atoms with Crippen LogP contribution < -0.4 is 11.1 Å². The molecule has 6 nitrogen and oxygen atoms in total. The highest BCUT2D eigenvalue weighted by Gasteiger charge is 2.20. The third-order valence-corrected chi connectivity index (χ3v) is 3.40. The lowest BCUT2D eigenvalue weighted by Gasteiger charge is -2.18. The Kier molecular flexibility index (Phi) is 7.56.